The van der Waals surface area contributed by atoms with E-state index < -0.39 is 5.41 Å². The third-order valence-corrected chi connectivity index (χ3v) is 7.29. The van der Waals surface area contributed by atoms with Crippen LogP contribution in [0.25, 0.3) is 5.65 Å². The van der Waals surface area contributed by atoms with Gasteiger partial charge in [0.1, 0.15) is 5.65 Å². The number of carbonyl (C=O) groups excluding carboxylic acids is 1. The Morgan fingerprint density at radius 3 is 2.39 bits per heavy atom. The molecular weight excluding hydrogens is 390 g/mol. The summed E-state index contributed by atoms with van der Waals surface area (Å²) in [5.74, 6) is 0.0787. The Labute approximate surface area is 182 Å². The number of pyridine rings is 1. The van der Waals surface area contributed by atoms with Crippen molar-refractivity contribution in [2.24, 2.45) is 5.41 Å². The molecular formula is C25H29N3O3. The number of benzene rings is 1. The summed E-state index contributed by atoms with van der Waals surface area (Å²) < 4.78 is 7.52. The molecule has 2 aliphatic rings. The minimum atomic E-state index is -0.686. The number of amides is 1. The van der Waals surface area contributed by atoms with Crippen LogP contribution in [-0.2, 0) is 14.9 Å². The molecule has 2 aliphatic heterocycles. The van der Waals surface area contributed by atoms with E-state index >= 15 is 0 Å². The normalized spacial score (nSPS) is 20.6. The molecule has 4 heterocycles. The number of aliphatic hydroxyl groups excluding tert-OH is 1. The van der Waals surface area contributed by atoms with Crippen LogP contribution in [0.3, 0.4) is 0 Å². The van der Waals surface area contributed by atoms with Crippen molar-refractivity contribution in [1.82, 2.24) is 14.3 Å². The third kappa shape index (κ3) is 3.44. The van der Waals surface area contributed by atoms with Gasteiger partial charge in [-0.05, 0) is 43.4 Å². The van der Waals surface area contributed by atoms with Crippen molar-refractivity contribution < 1.29 is 14.6 Å². The number of aromatic nitrogens is 2. The molecule has 162 valence electrons. The van der Waals surface area contributed by atoms with Crippen molar-refractivity contribution in [3.8, 4) is 0 Å². The molecule has 0 aliphatic carbocycles. The highest BCUT2D eigenvalue weighted by atomic mass is 16.5. The summed E-state index contributed by atoms with van der Waals surface area (Å²) in [5, 5.41) is 10.1. The molecule has 0 saturated carbocycles. The van der Waals surface area contributed by atoms with Crippen molar-refractivity contribution in [3.05, 3.63) is 72.2 Å². The number of aliphatic hydroxyl groups is 1. The van der Waals surface area contributed by atoms with Gasteiger partial charge in [-0.3, -0.25) is 4.79 Å². The summed E-state index contributed by atoms with van der Waals surface area (Å²) in [5.41, 5.74) is 2.32. The molecule has 0 unspecified atom stereocenters. The van der Waals surface area contributed by atoms with Crippen molar-refractivity contribution in [3.63, 3.8) is 0 Å². The van der Waals surface area contributed by atoms with Gasteiger partial charge in [-0.2, -0.15) is 0 Å². The van der Waals surface area contributed by atoms with Crippen LogP contribution in [0.2, 0.25) is 0 Å². The maximum Gasteiger partial charge on any atom is 0.231 e. The molecule has 2 aromatic heterocycles. The van der Waals surface area contributed by atoms with Crippen LogP contribution in [0, 0.1) is 5.41 Å². The van der Waals surface area contributed by atoms with Crippen LogP contribution in [0.5, 0.6) is 0 Å². The first-order valence-corrected chi connectivity index (χ1v) is 11.1. The van der Waals surface area contributed by atoms with Crippen LogP contribution >= 0.6 is 0 Å². The van der Waals surface area contributed by atoms with Crippen LogP contribution in [0.1, 0.15) is 36.9 Å². The molecule has 1 amide bonds. The fourth-order valence-electron chi connectivity index (χ4n) is 5.24. The molecule has 0 radical (unpaired) electrons. The van der Waals surface area contributed by atoms with E-state index in [1.54, 1.807) is 0 Å². The number of rotatable bonds is 4. The summed E-state index contributed by atoms with van der Waals surface area (Å²) in [7, 11) is 0. The van der Waals surface area contributed by atoms with E-state index in [1.165, 1.54) is 5.56 Å². The second-order valence-corrected chi connectivity index (χ2v) is 8.88. The van der Waals surface area contributed by atoms with Crippen molar-refractivity contribution >= 4 is 11.6 Å². The number of likely N-dealkylation sites (tertiary alicyclic amines) is 1. The summed E-state index contributed by atoms with van der Waals surface area (Å²) in [4.78, 5) is 20.4. The fraction of sp³-hybridized carbons (Fsp3) is 0.440. The second-order valence-electron chi connectivity index (χ2n) is 8.88. The van der Waals surface area contributed by atoms with Crippen molar-refractivity contribution in [2.45, 2.75) is 31.1 Å². The van der Waals surface area contributed by atoms with E-state index in [0.717, 1.165) is 24.2 Å². The van der Waals surface area contributed by atoms with Crippen molar-refractivity contribution in [2.75, 3.05) is 32.9 Å². The zero-order chi connectivity index (χ0) is 21.3. The zero-order valence-electron chi connectivity index (χ0n) is 17.7. The highest BCUT2D eigenvalue weighted by Crippen LogP contribution is 2.43. The van der Waals surface area contributed by atoms with Gasteiger partial charge >= 0.3 is 0 Å². The minimum Gasteiger partial charge on any atom is -0.395 e. The standard InChI is InChI=1S/C25H29N3O3/c29-19-24(11-16-31-17-12-24)23(30)27-14-9-25(10-15-27,20-6-2-1-3-7-20)21-18-28-13-5-4-8-22(28)26-21/h1-8,13,18,29H,9-12,14-17,19H2. The first kappa shape index (κ1) is 20.2. The minimum absolute atomic E-state index is 0.0787. The highest BCUT2D eigenvalue weighted by Gasteiger charge is 2.46. The van der Waals surface area contributed by atoms with Gasteiger partial charge in [0.15, 0.2) is 0 Å². The SMILES string of the molecule is O=C(N1CCC(c2ccccc2)(c2cn3ccccc3n2)CC1)C1(CO)CCOCC1. The van der Waals surface area contributed by atoms with Gasteiger partial charge in [-0.25, -0.2) is 4.98 Å². The summed E-state index contributed by atoms with van der Waals surface area (Å²) >= 11 is 0. The fourth-order valence-corrected chi connectivity index (χ4v) is 5.24. The number of nitrogens with zero attached hydrogens (tertiary/aromatic N) is 3. The quantitative estimate of drug-likeness (QED) is 0.706. The van der Waals surface area contributed by atoms with Crippen LogP contribution in [-0.4, -0.2) is 58.2 Å². The zero-order valence-corrected chi connectivity index (χ0v) is 17.7. The van der Waals surface area contributed by atoms with Crippen molar-refractivity contribution in [1.29, 1.82) is 0 Å². The first-order chi connectivity index (χ1) is 15.2. The molecule has 0 atom stereocenters. The number of carbonyl (C=O) groups is 1. The Morgan fingerprint density at radius 1 is 1.00 bits per heavy atom. The molecule has 3 aromatic rings. The number of piperidine rings is 1. The van der Waals surface area contributed by atoms with E-state index in [9.17, 15) is 9.90 Å². The highest BCUT2D eigenvalue weighted by molar-refractivity contribution is 5.83. The van der Waals surface area contributed by atoms with Crippen LogP contribution in [0.4, 0.5) is 0 Å². The lowest BCUT2D eigenvalue weighted by molar-refractivity contribution is -0.153. The van der Waals surface area contributed by atoms with Crippen LogP contribution < -0.4 is 0 Å². The Kier molecular flexibility index (Phi) is 5.28. The molecule has 6 heteroatoms. The Bertz CT molecular complexity index is 1020. The van der Waals surface area contributed by atoms with Gasteiger partial charge in [-0.1, -0.05) is 36.4 Å². The summed E-state index contributed by atoms with van der Waals surface area (Å²) in [6.07, 6.45) is 6.96. The van der Waals surface area contributed by atoms with E-state index in [4.69, 9.17) is 9.72 Å². The topological polar surface area (TPSA) is 67.1 Å². The molecule has 1 N–H and O–H groups in total. The number of ether oxygens (including phenoxy) is 1. The maximum atomic E-state index is 13.4. The number of imidazole rings is 1. The molecule has 6 nitrogen and oxygen atoms in total. The largest absolute Gasteiger partial charge is 0.395 e. The third-order valence-electron chi connectivity index (χ3n) is 7.29. The maximum absolute atomic E-state index is 13.4. The van der Waals surface area contributed by atoms with Gasteiger partial charge in [0.2, 0.25) is 5.91 Å². The van der Waals surface area contributed by atoms with E-state index in [-0.39, 0.29) is 17.9 Å². The lowest BCUT2D eigenvalue weighted by atomic mass is 9.70. The molecule has 0 bridgehead atoms. The number of fused-ring (bicyclic) bond motifs is 1. The van der Waals surface area contributed by atoms with Gasteiger partial charge < -0.3 is 19.1 Å². The molecule has 2 saturated heterocycles. The number of hydrogen-bond acceptors (Lipinski definition) is 4. The Hall–Kier alpha value is -2.70. The summed E-state index contributed by atoms with van der Waals surface area (Å²) in [6.45, 7) is 2.28. The van der Waals surface area contributed by atoms with E-state index in [0.29, 0.717) is 39.1 Å². The number of hydrogen-bond donors (Lipinski definition) is 1. The predicted molar refractivity (Wildman–Crippen MR) is 118 cm³/mol. The van der Waals surface area contributed by atoms with Gasteiger partial charge in [0.25, 0.3) is 0 Å². The van der Waals surface area contributed by atoms with E-state index in [2.05, 4.69) is 34.9 Å². The molecule has 5 rings (SSSR count). The van der Waals surface area contributed by atoms with Crippen LogP contribution in [0.15, 0.2) is 60.9 Å². The monoisotopic (exact) mass is 419 g/mol. The Balaban J connectivity index is 1.46. The van der Waals surface area contributed by atoms with E-state index in [1.807, 2.05) is 35.4 Å². The molecule has 0 spiro atoms. The molecule has 1 aromatic carbocycles. The Morgan fingerprint density at radius 2 is 1.71 bits per heavy atom. The average Bonchev–Trinajstić information content (AvgIpc) is 3.29. The lowest BCUT2D eigenvalue weighted by Gasteiger charge is -2.45. The smallest absolute Gasteiger partial charge is 0.231 e. The predicted octanol–water partition coefficient (Wildman–Crippen LogP) is 3.03. The molecule has 31 heavy (non-hydrogen) atoms. The second kappa shape index (κ2) is 8.09. The van der Waals surface area contributed by atoms with Gasteiger partial charge in [-0.15, -0.1) is 0 Å². The van der Waals surface area contributed by atoms with Gasteiger partial charge in [0, 0.05) is 44.1 Å². The average molecular weight is 420 g/mol. The molecule has 2 fully saturated rings. The summed E-state index contributed by atoms with van der Waals surface area (Å²) in [6, 6.07) is 16.6. The first-order valence-electron chi connectivity index (χ1n) is 11.1. The lowest BCUT2D eigenvalue weighted by Crippen LogP contribution is -2.53. The van der Waals surface area contributed by atoms with Gasteiger partial charge in [0.05, 0.1) is 17.7 Å².